The number of aromatic nitrogens is 3. The van der Waals surface area contributed by atoms with Crippen LogP contribution in [-0.2, 0) is 11.3 Å². The van der Waals surface area contributed by atoms with E-state index in [2.05, 4.69) is 22.0 Å². The molecule has 0 radical (unpaired) electrons. The van der Waals surface area contributed by atoms with E-state index >= 15 is 0 Å². The molecule has 2 rings (SSSR count). The molecule has 2 heterocycles. The minimum atomic E-state index is -0.228. The van der Waals surface area contributed by atoms with E-state index in [1.807, 2.05) is 18.2 Å². The highest BCUT2D eigenvalue weighted by atomic mass is 16.1. The topological polar surface area (TPSA) is 59.3 Å². The lowest BCUT2D eigenvalue weighted by Crippen LogP contribution is -2.20. The summed E-state index contributed by atoms with van der Waals surface area (Å²) in [5.74, 6) is 0.352. The molecule has 0 atom stereocenters. The fourth-order valence-electron chi connectivity index (χ4n) is 1.19. The third-order valence-corrected chi connectivity index (χ3v) is 1.89. The van der Waals surface area contributed by atoms with Gasteiger partial charge in [-0.1, -0.05) is 12.6 Å². The number of fused-ring (bicyclic) bond motifs is 1. The van der Waals surface area contributed by atoms with Crippen LogP contribution in [0.25, 0.3) is 5.65 Å². The van der Waals surface area contributed by atoms with Crippen molar-refractivity contribution in [3.8, 4) is 0 Å². The van der Waals surface area contributed by atoms with E-state index in [-0.39, 0.29) is 5.91 Å². The Kier molecular flexibility index (Phi) is 2.45. The second-order valence-electron chi connectivity index (χ2n) is 2.95. The van der Waals surface area contributed by atoms with Crippen LogP contribution in [0.4, 0.5) is 0 Å². The molecule has 2 aromatic heterocycles. The maximum Gasteiger partial charge on any atom is 0.243 e. The van der Waals surface area contributed by atoms with E-state index in [1.165, 1.54) is 6.08 Å². The molecule has 0 fully saturated rings. The lowest BCUT2D eigenvalue weighted by molar-refractivity contribution is -0.116. The molecule has 0 saturated carbocycles. The molecule has 76 valence electrons. The Morgan fingerprint density at radius 1 is 1.60 bits per heavy atom. The summed E-state index contributed by atoms with van der Waals surface area (Å²) in [6.45, 7) is 3.67. The normalized spacial score (nSPS) is 10.1. The molecule has 0 aliphatic rings. The smallest absolute Gasteiger partial charge is 0.243 e. The SMILES string of the molecule is C=CC(=O)NCc1nc2ccccn2n1. The van der Waals surface area contributed by atoms with Gasteiger partial charge >= 0.3 is 0 Å². The largest absolute Gasteiger partial charge is 0.345 e. The van der Waals surface area contributed by atoms with Crippen LogP contribution in [0.15, 0.2) is 37.1 Å². The quantitative estimate of drug-likeness (QED) is 0.738. The van der Waals surface area contributed by atoms with Gasteiger partial charge in [-0.3, -0.25) is 4.79 Å². The van der Waals surface area contributed by atoms with E-state index in [9.17, 15) is 4.79 Å². The Balaban J connectivity index is 2.15. The molecule has 5 nitrogen and oxygen atoms in total. The van der Waals surface area contributed by atoms with Gasteiger partial charge in [-0.2, -0.15) is 0 Å². The summed E-state index contributed by atoms with van der Waals surface area (Å²) in [5, 5.41) is 6.79. The van der Waals surface area contributed by atoms with Gasteiger partial charge in [0.25, 0.3) is 0 Å². The second kappa shape index (κ2) is 3.91. The van der Waals surface area contributed by atoms with Gasteiger partial charge in [-0.05, 0) is 18.2 Å². The van der Waals surface area contributed by atoms with Crippen LogP contribution in [-0.4, -0.2) is 20.5 Å². The monoisotopic (exact) mass is 202 g/mol. The molecule has 2 aromatic rings. The average Bonchev–Trinajstić information content (AvgIpc) is 2.68. The van der Waals surface area contributed by atoms with Crippen molar-refractivity contribution in [2.75, 3.05) is 0 Å². The molecule has 0 unspecified atom stereocenters. The molecule has 0 aromatic carbocycles. The standard InChI is InChI=1S/C10H10N4O/c1-2-10(15)11-7-8-12-9-5-3-4-6-14(9)13-8/h2-6H,1,7H2,(H,11,15). The summed E-state index contributed by atoms with van der Waals surface area (Å²) in [6, 6.07) is 5.61. The zero-order valence-electron chi connectivity index (χ0n) is 8.05. The summed E-state index contributed by atoms with van der Waals surface area (Å²) in [5.41, 5.74) is 0.764. The highest BCUT2D eigenvalue weighted by Gasteiger charge is 2.02. The maximum absolute atomic E-state index is 10.9. The number of hydrogen-bond acceptors (Lipinski definition) is 3. The first-order valence-corrected chi connectivity index (χ1v) is 4.50. The predicted octanol–water partition coefficient (Wildman–Crippen LogP) is 0.531. The maximum atomic E-state index is 10.9. The molecule has 1 amide bonds. The third-order valence-electron chi connectivity index (χ3n) is 1.89. The van der Waals surface area contributed by atoms with Crippen molar-refractivity contribution < 1.29 is 4.79 Å². The number of nitrogens with zero attached hydrogens (tertiary/aromatic N) is 3. The molecule has 1 N–H and O–H groups in total. The van der Waals surface area contributed by atoms with Crippen molar-refractivity contribution in [3.63, 3.8) is 0 Å². The van der Waals surface area contributed by atoms with Crippen molar-refractivity contribution in [1.82, 2.24) is 19.9 Å². The van der Waals surface area contributed by atoms with E-state index in [0.717, 1.165) is 5.65 Å². The third kappa shape index (κ3) is 2.01. The van der Waals surface area contributed by atoms with E-state index < -0.39 is 0 Å². The van der Waals surface area contributed by atoms with Gasteiger partial charge in [-0.25, -0.2) is 9.50 Å². The zero-order chi connectivity index (χ0) is 10.7. The highest BCUT2D eigenvalue weighted by Crippen LogP contribution is 1.99. The lowest BCUT2D eigenvalue weighted by atomic mass is 10.5. The molecule has 0 spiro atoms. The van der Waals surface area contributed by atoms with Crippen LogP contribution in [0.1, 0.15) is 5.82 Å². The molecule has 0 bridgehead atoms. The van der Waals surface area contributed by atoms with Crippen LogP contribution >= 0.6 is 0 Å². The second-order valence-corrected chi connectivity index (χ2v) is 2.95. The van der Waals surface area contributed by atoms with Crippen molar-refractivity contribution in [2.45, 2.75) is 6.54 Å². The van der Waals surface area contributed by atoms with E-state index in [4.69, 9.17) is 0 Å². The van der Waals surface area contributed by atoms with Gasteiger partial charge in [0.1, 0.15) is 0 Å². The predicted molar refractivity (Wildman–Crippen MR) is 55.0 cm³/mol. The summed E-state index contributed by atoms with van der Waals surface area (Å²) < 4.78 is 1.66. The van der Waals surface area contributed by atoms with Gasteiger partial charge in [0.2, 0.25) is 5.91 Å². The van der Waals surface area contributed by atoms with Crippen molar-refractivity contribution in [1.29, 1.82) is 0 Å². The lowest BCUT2D eigenvalue weighted by Gasteiger charge is -1.95. The minimum Gasteiger partial charge on any atom is -0.345 e. The molecule has 0 saturated heterocycles. The summed E-state index contributed by atoms with van der Waals surface area (Å²) in [6.07, 6.45) is 3.02. The number of hydrogen-bond donors (Lipinski definition) is 1. The van der Waals surface area contributed by atoms with Crippen LogP contribution in [0, 0.1) is 0 Å². The van der Waals surface area contributed by atoms with Gasteiger partial charge < -0.3 is 5.32 Å². The van der Waals surface area contributed by atoms with Crippen molar-refractivity contribution >= 4 is 11.6 Å². The fourth-order valence-corrected chi connectivity index (χ4v) is 1.19. The van der Waals surface area contributed by atoms with Crippen LogP contribution in [0.2, 0.25) is 0 Å². The minimum absolute atomic E-state index is 0.228. The van der Waals surface area contributed by atoms with Gasteiger partial charge in [0.15, 0.2) is 11.5 Å². The summed E-state index contributed by atoms with van der Waals surface area (Å²) in [7, 11) is 0. The van der Waals surface area contributed by atoms with Gasteiger partial charge in [-0.15, -0.1) is 5.10 Å². The Morgan fingerprint density at radius 2 is 2.47 bits per heavy atom. The first-order valence-electron chi connectivity index (χ1n) is 4.50. The van der Waals surface area contributed by atoms with E-state index in [0.29, 0.717) is 12.4 Å². The highest BCUT2D eigenvalue weighted by molar-refractivity contribution is 5.86. The first-order chi connectivity index (χ1) is 7.29. The first kappa shape index (κ1) is 9.39. The Morgan fingerprint density at radius 3 is 3.20 bits per heavy atom. The molecule has 5 heteroatoms. The summed E-state index contributed by atoms with van der Waals surface area (Å²) >= 11 is 0. The Hall–Kier alpha value is -2.17. The van der Waals surface area contributed by atoms with Crippen molar-refractivity contribution in [2.24, 2.45) is 0 Å². The van der Waals surface area contributed by atoms with E-state index in [1.54, 1.807) is 10.7 Å². The van der Waals surface area contributed by atoms with Crippen LogP contribution in [0.3, 0.4) is 0 Å². The molecular weight excluding hydrogens is 192 g/mol. The van der Waals surface area contributed by atoms with Crippen LogP contribution < -0.4 is 5.32 Å². The molecular formula is C10H10N4O. The number of rotatable bonds is 3. The zero-order valence-corrected chi connectivity index (χ0v) is 8.05. The molecule has 15 heavy (non-hydrogen) atoms. The number of carbonyl (C=O) groups excluding carboxylic acids is 1. The fraction of sp³-hybridized carbons (Fsp3) is 0.100. The number of pyridine rings is 1. The Labute approximate surface area is 86.4 Å². The van der Waals surface area contributed by atoms with Gasteiger partial charge in [0, 0.05) is 6.20 Å². The molecule has 0 aliphatic heterocycles. The Bertz CT molecular complexity index is 470. The number of amides is 1. The molecule has 0 aliphatic carbocycles. The van der Waals surface area contributed by atoms with Crippen LogP contribution in [0.5, 0.6) is 0 Å². The van der Waals surface area contributed by atoms with Gasteiger partial charge in [0.05, 0.1) is 6.54 Å². The number of carbonyl (C=O) groups is 1. The average molecular weight is 202 g/mol. The number of nitrogens with one attached hydrogen (secondary N) is 1. The summed E-state index contributed by atoms with van der Waals surface area (Å²) in [4.78, 5) is 15.1. The van der Waals surface area contributed by atoms with Crippen molar-refractivity contribution in [3.05, 3.63) is 42.9 Å².